The fourth-order valence-corrected chi connectivity index (χ4v) is 1.60. The second-order valence-electron chi connectivity index (χ2n) is 3.90. The molecule has 86 valence electrons. The molecule has 0 spiro atoms. The molecule has 5 nitrogen and oxygen atoms in total. The number of carbonyl (C=O) groups is 2. The highest BCUT2D eigenvalue weighted by molar-refractivity contribution is 5.78. The van der Waals surface area contributed by atoms with Crippen LogP contribution in [0.15, 0.2) is 0 Å². The summed E-state index contributed by atoms with van der Waals surface area (Å²) >= 11 is 0. The fraction of sp³-hybridized carbons (Fsp3) is 0.800. The van der Waals surface area contributed by atoms with Crippen molar-refractivity contribution in [3.05, 3.63) is 0 Å². The second-order valence-corrected chi connectivity index (χ2v) is 3.90. The van der Waals surface area contributed by atoms with Gasteiger partial charge < -0.3 is 14.9 Å². The Kier molecular flexibility index (Phi) is 3.94. The number of carboxylic acid groups (broad SMARTS) is 1. The van der Waals surface area contributed by atoms with Gasteiger partial charge in [0.1, 0.15) is 0 Å². The van der Waals surface area contributed by atoms with E-state index in [9.17, 15) is 9.59 Å². The lowest BCUT2D eigenvalue weighted by Gasteiger charge is -2.34. The van der Waals surface area contributed by atoms with Crippen LogP contribution in [-0.4, -0.2) is 53.1 Å². The van der Waals surface area contributed by atoms with Gasteiger partial charge in [0.2, 0.25) is 5.91 Å². The third-order valence-electron chi connectivity index (χ3n) is 2.90. The molecule has 15 heavy (non-hydrogen) atoms. The van der Waals surface area contributed by atoms with Crippen molar-refractivity contribution in [1.82, 2.24) is 9.80 Å². The van der Waals surface area contributed by atoms with Crippen molar-refractivity contribution in [2.45, 2.75) is 20.3 Å². The maximum Gasteiger partial charge on any atom is 0.407 e. The van der Waals surface area contributed by atoms with Crippen molar-refractivity contribution in [2.75, 3.05) is 26.2 Å². The maximum atomic E-state index is 11.8. The zero-order valence-electron chi connectivity index (χ0n) is 9.27. The Morgan fingerprint density at radius 1 is 1.20 bits per heavy atom. The number of carbonyl (C=O) groups excluding carboxylic acids is 1. The summed E-state index contributed by atoms with van der Waals surface area (Å²) in [6, 6.07) is 0. The SMILES string of the molecule is CC[C@H](C)C(=O)N1CCN(C(=O)O)CC1. The first-order chi connectivity index (χ1) is 7.06. The number of hydrogen-bond acceptors (Lipinski definition) is 2. The molecule has 0 aromatic heterocycles. The van der Waals surface area contributed by atoms with E-state index < -0.39 is 6.09 Å². The van der Waals surface area contributed by atoms with Gasteiger partial charge in [-0.25, -0.2) is 4.79 Å². The third-order valence-corrected chi connectivity index (χ3v) is 2.90. The van der Waals surface area contributed by atoms with Gasteiger partial charge in [-0.2, -0.15) is 0 Å². The standard InChI is InChI=1S/C10H18N2O3/c1-3-8(2)9(13)11-4-6-12(7-5-11)10(14)15/h8H,3-7H2,1-2H3,(H,14,15)/t8-/m0/s1. The van der Waals surface area contributed by atoms with Crippen LogP contribution in [0, 0.1) is 5.92 Å². The number of amides is 2. The Morgan fingerprint density at radius 3 is 2.07 bits per heavy atom. The molecule has 1 rings (SSSR count). The summed E-state index contributed by atoms with van der Waals surface area (Å²) in [6.45, 7) is 5.79. The predicted octanol–water partition coefficient (Wildman–Crippen LogP) is 0.855. The smallest absolute Gasteiger partial charge is 0.407 e. The van der Waals surface area contributed by atoms with Crippen LogP contribution in [0.25, 0.3) is 0 Å². The van der Waals surface area contributed by atoms with Crippen molar-refractivity contribution in [3.8, 4) is 0 Å². The lowest BCUT2D eigenvalue weighted by atomic mass is 10.1. The summed E-state index contributed by atoms with van der Waals surface area (Å²) in [5.41, 5.74) is 0. The van der Waals surface area contributed by atoms with Crippen LogP contribution in [0.1, 0.15) is 20.3 Å². The summed E-state index contributed by atoms with van der Waals surface area (Å²) in [7, 11) is 0. The van der Waals surface area contributed by atoms with E-state index in [0.717, 1.165) is 6.42 Å². The van der Waals surface area contributed by atoms with E-state index in [1.807, 2.05) is 13.8 Å². The van der Waals surface area contributed by atoms with Gasteiger partial charge >= 0.3 is 6.09 Å². The van der Waals surface area contributed by atoms with E-state index in [4.69, 9.17) is 5.11 Å². The van der Waals surface area contributed by atoms with E-state index in [0.29, 0.717) is 26.2 Å². The highest BCUT2D eigenvalue weighted by atomic mass is 16.4. The van der Waals surface area contributed by atoms with Gasteiger partial charge in [0.25, 0.3) is 0 Å². The van der Waals surface area contributed by atoms with Crippen molar-refractivity contribution in [1.29, 1.82) is 0 Å². The van der Waals surface area contributed by atoms with Gasteiger partial charge in [-0.15, -0.1) is 0 Å². The molecule has 1 aliphatic heterocycles. The molecular weight excluding hydrogens is 196 g/mol. The van der Waals surface area contributed by atoms with Crippen molar-refractivity contribution in [3.63, 3.8) is 0 Å². The van der Waals surface area contributed by atoms with E-state index in [1.54, 1.807) is 4.90 Å². The molecule has 2 amide bonds. The van der Waals surface area contributed by atoms with Gasteiger partial charge in [-0.3, -0.25) is 4.79 Å². The van der Waals surface area contributed by atoms with Crippen molar-refractivity contribution < 1.29 is 14.7 Å². The van der Waals surface area contributed by atoms with Gasteiger partial charge in [0.05, 0.1) is 0 Å². The highest BCUT2D eigenvalue weighted by Crippen LogP contribution is 2.09. The Morgan fingerprint density at radius 2 is 1.67 bits per heavy atom. The van der Waals surface area contributed by atoms with Gasteiger partial charge in [0, 0.05) is 32.1 Å². The summed E-state index contributed by atoms with van der Waals surface area (Å²) < 4.78 is 0. The minimum atomic E-state index is -0.898. The molecule has 0 aliphatic carbocycles. The van der Waals surface area contributed by atoms with Crippen molar-refractivity contribution in [2.24, 2.45) is 5.92 Å². The molecule has 0 bridgehead atoms. The van der Waals surface area contributed by atoms with Gasteiger partial charge in [0.15, 0.2) is 0 Å². The van der Waals surface area contributed by atoms with E-state index in [2.05, 4.69) is 0 Å². The van der Waals surface area contributed by atoms with Crippen LogP contribution < -0.4 is 0 Å². The highest BCUT2D eigenvalue weighted by Gasteiger charge is 2.25. The van der Waals surface area contributed by atoms with E-state index in [1.165, 1.54) is 4.90 Å². The monoisotopic (exact) mass is 214 g/mol. The molecule has 5 heteroatoms. The number of rotatable bonds is 2. The minimum absolute atomic E-state index is 0.0429. The number of piperazine rings is 1. The quantitative estimate of drug-likeness (QED) is 0.741. The summed E-state index contributed by atoms with van der Waals surface area (Å²) in [5, 5.41) is 8.74. The Hall–Kier alpha value is -1.26. The van der Waals surface area contributed by atoms with Crippen LogP contribution in [0.3, 0.4) is 0 Å². The molecule has 0 unspecified atom stereocenters. The molecule has 0 radical (unpaired) electrons. The Labute approximate surface area is 89.7 Å². The Balaban J connectivity index is 2.43. The molecule has 1 saturated heterocycles. The molecule has 1 atom stereocenters. The summed E-state index contributed by atoms with van der Waals surface area (Å²) in [4.78, 5) is 25.5. The second kappa shape index (κ2) is 5.00. The zero-order chi connectivity index (χ0) is 11.4. The molecule has 1 fully saturated rings. The van der Waals surface area contributed by atoms with E-state index >= 15 is 0 Å². The van der Waals surface area contributed by atoms with Gasteiger partial charge in [-0.05, 0) is 6.42 Å². The first-order valence-corrected chi connectivity index (χ1v) is 5.33. The molecule has 1 aliphatic rings. The fourth-order valence-electron chi connectivity index (χ4n) is 1.60. The predicted molar refractivity (Wildman–Crippen MR) is 55.6 cm³/mol. The first-order valence-electron chi connectivity index (χ1n) is 5.33. The lowest BCUT2D eigenvalue weighted by Crippen LogP contribution is -2.51. The third kappa shape index (κ3) is 2.84. The minimum Gasteiger partial charge on any atom is -0.465 e. The van der Waals surface area contributed by atoms with E-state index in [-0.39, 0.29) is 11.8 Å². The molecule has 0 aromatic rings. The van der Waals surface area contributed by atoms with Gasteiger partial charge in [-0.1, -0.05) is 13.8 Å². The number of nitrogens with zero attached hydrogens (tertiary/aromatic N) is 2. The zero-order valence-corrected chi connectivity index (χ0v) is 9.27. The molecule has 1 N–H and O–H groups in total. The van der Waals surface area contributed by atoms with Crippen LogP contribution >= 0.6 is 0 Å². The molecular formula is C10H18N2O3. The topological polar surface area (TPSA) is 60.9 Å². The van der Waals surface area contributed by atoms with Crippen molar-refractivity contribution >= 4 is 12.0 Å². The maximum absolute atomic E-state index is 11.8. The largest absolute Gasteiger partial charge is 0.465 e. The molecule has 0 aromatic carbocycles. The van der Waals surface area contributed by atoms with Crippen LogP contribution in [-0.2, 0) is 4.79 Å². The number of hydrogen-bond donors (Lipinski definition) is 1. The Bertz CT molecular complexity index is 247. The molecule has 0 saturated carbocycles. The average Bonchev–Trinajstić information content (AvgIpc) is 2.27. The van der Waals surface area contributed by atoms with Crippen LogP contribution in [0.5, 0.6) is 0 Å². The summed E-state index contributed by atoms with van der Waals surface area (Å²) in [5.74, 6) is 0.184. The lowest BCUT2D eigenvalue weighted by molar-refractivity contribution is -0.136. The average molecular weight is 214 g/mol. The molecule has 1 heterocycles. The normalized spacial score (nSPS) is 18.8. The van der Waals surface area contributed by atoms with Crippen LogP contribution in [0.2, 0.25) is 0 Å². The van der Waals surface area contributed by atoms with Crippen LogP contribution in [0.4, 0.5) is 4.79 Å². The first kappa shape index (κ1) is 11.8. The summed E-state index contributed by atoms with van der Waals surface area (Å²) in [6.07, 6.45) is -0.0662.